The SMILES string of the molecule is CN(CCS(C)(=O)=O)C(=O)c1cccc(S)c1. The number of hydrogen-bond donors (Lipinski definition) is 1. The molecule has 0 aliphatic heterocycles. The Morgan fingerprint density at radius 3 is 2.59 bits per heavy atom. The van der Waals surface area contributed by atoms with Gasteiger partial charge in [-0.15, -0.1) is 12.6 Å². The van der Waals surface area contributed by atoms with Gasteiger partial charge in [0.05, 0.1) is 5.75 Å². The summed E-state index contributed by atoms with van der Waals surface area (Å²) in [6, 6.07) is 6.84. The molecule has 0 unspecified atom stereocenters. The van der Waals surface area contributed by atoms with Crippen molar-refractivity contribution < 1.29 is 13.2 Å². The number of carbonyl (C=O) groups excluding carboxylic acids is 1. The first-order chi connectivity index (χ1) is 7.79. The fraction of sp³-hybridized carbons (Fsp3) is 0.364. The second kappa shape index (κ2) is 5.55. The molecule has 0 spiro atoms. The minimum atomic E-state index is -3.05. The number of hydrogen-bond acceptors (Lipinski definition) is 4. The quantitative estimate of drug-likeness (QED) is 0.836. The number of benzene rings is 1. The van der Waals surface area contributed by atoms with Gasteiger partial charge in [-0.05, 0) is 18.2 Å². The summed E-state index contributed by atoms with van der Waals surface area (Å²) < 4.78 is 22.0. The van der Waals surface area contributed by atoms with E-state index in [9.17, 15) is 13.2 Å². The average molecular weight is 273 g/mol. The normalized spacial score (nSPS) is 11.2. The number of amides is 1. The van der Waals surface area contributed by atoms with Crippen molar-refractivity contribution in [2.75, 3.05) is 25.6 Å². The van der Waals surface area contributed by atoms with Gasteiger partial charge in [0.2, 0.25) is 0 Å². The Hall–Kier alpha value is -1.01. The van der Waals surface area contributed by atoms with Crippen molar-refractivity contribution in [3.05, 3.63) is 29.8 Å². The molecular formula is C11H15NO3S2. The molecule has 17 heavy (non-hydrogen) atoms. The van der Waals surface area contributed by atoms with Gasteiger partial charge in [0.15, 0.2) is 0 Å². The third-order valence-corrected chi connectivity index (χ3v) is 3.44. The van der Waals surface area contributed by atoms with Gasteiger partial charge in [0, 0.05) is 30.3 Å². The summed E-state index contributed by atoms with van der Waals surface area (Å²) in [5, 5.41) is 0. The van der Waals surface area contributed by atoms with Gasteiger partial charge in [0.25, 0.3) is 5.91 Å². The maximum Gasteiger partial charge on any atom is 0.253 e. The van der Waals surface area contributed by atoms with E-state index >= 15 is 0 Å². The average Bonchev–Trinajstić information content (AvgIpc) is 2.24. The van der Waals surface area contributed by atoms with E-state index in [1.165, 1.54) is 4.90 Å². The monoisotopic (exact) mass is 273 g/mol. The maximum absolute atomic E-state index is 11.9. The Labute approximate surface area is 107 Å². The van der Waals surface area contributed by atoms with Gasteiger partial charge < -0.3 is 4.90 Å². The van der Waals surface area contributed by atoms with Crippen LogP contribution in [0.4, 0.5) is 0 Å². The van der Waals surface area contributed by atoms with E-state index in [2.05, 4.69) is 12.6 Å². The summed E-state index contributed by atoms with van der Waals surface area (Å²) in [7, 11) is -1.47. The zero-order chi connectivity index (χ0) is 13.1. The molecule has 1 amide bonds. The number of carbonyl (C=O) groups is 1. The lowest BCUT2D eigenvalue weighted by Crippen LogP contribution is -2.31. The van der Waals surface area contributed by atoms with E-state index in [1.54, 1.807) is 31.3 Å². The molecule has 0 radical (unpaired) electrons. The molecule has 0 aromatic heterocycles. The maximum atomic E-state index is 11.9. The minimum Gasteiger partial charge on any atom is -0.341 e. The molecule has 4 nitrogen and oxygen atoms in total. The van der Waals surface area contributed by atoms with Crippen LogP contribution in [0, 0.1) is 0 Å². The van der Waals surface area contributed by atoms with Crippen LogP contribution in [0.3, 0.4) is 0 Å². The summed E-state index contributed by atoms with van der Waals surface area (Å²) in [4.78, 5) is 14.0. The largest absolute Gasteiger partial charge is 0.341 e. The molecule has 0 fully saturated rings. The molecule has 0 atom stereocenters. The number of rotatable bonds is 4. The molecule has 0 saturated carbocycles. The van der Waals surface area contributed by atoms with E-state index in [4.69, 9.17) is 0 Å². The standard InChI is InChI=1S/C11H15NO3S2/c1-12(6-7-17(2,14)15)11(13)9-4-3-5-10(16)8-9/h3-5,8,16H,6-7H2,1-2H3. The highest BCUT2D eigenvalue weighted by atomic mass is 32.2. The lowest BCUT2D eigenvalue weighted by Gasteiger charge is -2.16. The van der Waals surface area contributed by atoms with Crippen LogP contribution in [-0.2, 0) is 9.84 Å². The Morgan fingerprint density at radius 1 is 1.41 bits per heavy atom. The molecular weight excluding hydrogens is 258 g/mol. The molecule has 6 heteroatoms. The first-order valence-electron chi connectivity index (χ1n) is 5.02. The van der Waals surface area contributed by atoms with Gasteiger partial charge >= 0.3 is 0 Å². The lowest BCUT2D eigenvalue weighted by atomic mass is 10.2. The smallest absolute Gasteiger partial charge is 0.253 e. The van der Waals surface area contributed by atoms with Gasteiger partial charge in [-0.3, -0.25) is 4.79 Å². The lowest BCUT2D eigenvalue weighted by molar-refractivity contribution is 0.0803. The third-order valence-electron chi connectivity index (χ3n) is 2.24. The number of nitrogens with zero attached hydrogens (tertiary/aromatic N) is 1. The van der Waals surface area contributed by atoms with Gasteiger partial charge in [-0.1, -0.05) is 6.07 Å². The Balaban J connectivity index is 2.70. The van der Waals surface area contributed by atoms with E-state index in [0.717, 1.165) is 6.26 Å². The minimum absolute atomic E-state index is 0.0319. The molecule has 1 aromatic rings. The summed E-state index contributed by atoms with van der Waals surface area (Å²) in [5.41, 5.74) is 0.508. The van der Waals surface area contributed by atoms with Crippen molar-refractivity contribution in [2.24, 2.45) is 0 Å². The van der Waals surface area contributed by atoms with Crippen LogP contribution < -0.4 is 0 Å². The van der Waals surface area contributed by atoms with Crippen molar-refractivity contribution in [2.45, 2.75) is 4.90 Å². The highest BCUT2D eigenvalue weighted by Gasteiger charge is 2.13. The number of sulfone groups is 1. The van der Waals surface area contributed by atoms with Crippen molar-refractivity contribution in [3.63, 3.8) is 0 Å². The molecule has 0 saturated heterocycles. The van der Waals surface area contributed by atoms with Crippen molar-refractivity contribution in [1.82, 2.24) is 4.90 Å². The topological polar surface area (TPSA) is 54.5 Å². The molecule has 1 rings (SSSR count). The fourth-order valence-electron chi connectivity index (χ4n) is 1.26. The van der Waals surface area contributed by atoms with Crippen LogP contribution in [0.2, 0.25) is 0 Å². The molecule has 94 valence electrons. The Bertz CT molecular complexity index is 511. The molecule has 0 N–H and O–H groups in total. The van der Waals surface area contributed by atoms with Gasteiger partial charge in [-0.2, -0.15) is 0 Å². The number of thiol groups is 1. The summed E-state index contributed by atoms with van der Waals surface area (Å²) in [6.07, 6.45) is 1.15. The van der Waals surface area contributed by atoms with E-state index in [1.807, 2.05) is 0 Å². The van der Waals surface area contributed by atoms with Crippen molar-refractivity contribution in [3.8, 4) is 0 Å². The van der Waals surface area contributed by atoms with Crippen molar-refractivity contribution >= 4 is 28.4 Å². The van der Waals surface area contributed by atoms with Crippen LogP contribution >= 0.6 is 12.6 Å². The summed E-state index contributed by atoms with van der Waals surface area (Å²) in [5.74, 6) is -0.236. The molecule has 0 bridgehead atoms. The predicted molar refractivity (Wildman–Crippen MR) is 70.4 cm³/mol. The van der Waals surface area contributed by atoms with Gasteiger partial charge in [-0.25, -0.2) is 8.42 Å². The Kier molecular flexibility index (Phi) is 4.59. The summed E-state index contributed by atoms with van der Waals surface area (Å²) in [6.45, 7) is 0.189. The van der Waals surface area contributed by atoms with Crippen LogP contribution in [0.25, 0.3) is 0 Å². The van der Waals surface area contributed by atoms with Gasteiger partial charge in [0.1, 0.15) is 9.84 Å². The zero-order valence-corrected chi connectivity index (χ0v) is 11.5. The van der Waals surface area contributed by atoms with E-state index in [-0.39, 0.29) is 18.2 Å². The highest BCUT2D eigenvalue weighted by molar-refractivity contribution is 7.90. The predicted octanol–water partition coefficient (Wildman–Crippen LogP) is 1.09. The first-order valence-corrected chi connectivity index (χ1v) is 7.52. The molecule has 0 aliphatic carbocycles. The molecule has 0 aliphatic rings. The van der Waals surface area contributed by atoms with E-state index in [0.29, 0.717) is 10.5 Å². The van der Waals surface area contributed by atoms with Crippen molar-refractivity contribution in [1.29, 1.82) is 0 Å². The second-order valence-corrected chi connectivity index (χ2v) is 6.68. The molecule has 1 aromatic carbocycles. The van der Waals surface area contributed by atoms with Crippen LogP contribution in [0.5, 0.6) is 0 Å². The highest BCUT2D eigenvalue weighted by Crippen LogP contribution is 2.10. The third kappa shape index (κ3) is 4.79. The van der Waals surface area contributed by atoms with E-state index < -0.39 is 9.84 Å². The summed E-state index contributed by atoms with van der Waals surface area (Å²) >= 11 is 4.15. The Morgan fingerprint density at radius 2 is 2.06 bits per heavy atom. The van der Waals surface area contributed by atoms with Crippen LogP contribution in [0.1, 0.15) is 10.4 Å². The fourth-order valence-corrected chi connectivity index (χ4v) is 2.09. The second-order valence-electron chi connectivity index (χ2n) is 3.91. The van der Waals surface area contributed by atoms with Crippen LogP contribution in [-0.4, -0.2) is 44.8 Å². The first kappa shape index (κ1) is 14.1. The molecule has 0 heterocycles. The zero-order valence-electron chi connectivity index (χ0n) is 9.75. The van der Waals surface area contributed by atoms with Crippen LogP contribution in [0.15, 0.2) is 29.2 Å².